The van der Waals surface area contributed by atoms with Crippen LogP contribution in [0.4, 0.5) is 0 Å². The molecule has 0 aliphatic heterocycles. The summed E-state index contributed by atoms with van der Waals surface area (Å²) in [6.07, 6.45) is 4.34. The smallest absolute Gasteiger partial charge is 0.311 e. The highest BCUT2D eigenvalue weighted by Gasteiger charge is 2.29. The topological polar surface area (TPSA) is 59.3 Å². The minimum absolute atomic E-state index is 0.200. The Morgan fingerprint density at radius 3 is 2.32 bits per heavy atom. The van der Waals surface area contributed by atoms with Crippen molar-refractivity contribution in [3.63, 3.8) is 0 Å². The Hall–Kier alpha value is -2.88. The van der Waals surface area contributed by atoms with Crippen LogP contribution in [0.2, 0.25) is 0 Å². The number of benzene rings is 2. The molecule has 3 aromatic rings. The van der Waals surface area contributed by atoms with Crippen LogP contribution in [0.1, 0.15) is 74.1 Å². The second-order valence-corrected chi connectivity index (χ2v) is 9.10. The molecule has 1 unspecified atom stereocenters. The van der Waals surface area contributed by atoms with E-state index in [-0.39, 0.29) is 5.56 Å². The van der Waals surface area contributed by atoms with Crippen molar-refractivity contribution in [2.45, 2.75) is 64.7 Å². The fourth-order valence-electron chi connectivity index (χ4n) is 4.98. The van der Waals surface area contributed by atoms with Gasteiger partial charge in [-0.1, -0.05) is 51.5 Å². The third-order valence-electron chi connectivity index (χ3n) is 6.74. The molecule has 0 saturated carbocycles. The third-order valence-corrected chi connectivity index (χ3v) is 6.74. The Morgan fingerprint density at radius 1 is 1.10 bits per heavy atom. The Kier molecular flexibility index (Phi) is 5.74. The van der Waals surface area contributed by atoms with Gasteiger partial charge in [-0.05, 0) is 66.0 Å². The lowest BCUT2D eigenvalue weighted by molar-refractivity contribution is -0.139. The lowest BCUT2D eigenvalue weighted by Crippen LogP contribution is -2.28. The Labute approximate surface area is 183 Å². The average Bonchev–Trinajstić information content (AvgIpc) is 3.21. The van der Waals surface area contributed by atoms with E-state index in [1.54, 1.807) is 11.6 Å². The molecule has 0 bridgehead atoms. The summed E-state index contributed by atoms with van der Waals surface area (Å²) >= 11 is 0. The maximum Gasteiger partial charge on any atom is 0.311 e. The first-order valence-electron chi connectivity index (χ1n) is 11.3. The van der Waals surface area contributed by atoms with E-state index in [0.717, 1.165) is 41.3 Å². The van der Waals surface area contributed by atoms with Gasteiger partial charge in [0.2, 0.25) is 0 Å². The molecule has 0 amide bonds. The lowest BCUT2D eigenvalue weighted by Gasteiger charge is -2.21. The maximum absolute atomic E-state index is 13.6. The van der Waals surface area contributed by atoms with Gasteiger partial charge in [0.15, 0.2) is 0 Å². The highest BCUT2D eigenvalue weighted by Crippen LogP contribution is 2.38. The van der Waals surface area contributed by atoms with E-state index in [0.29, 0.717) is 24.3 Å². The molecule has 4 rings (SSSR count). The Morgan fingerprint density at radius 2 is 1.74 bits per heavy atom. The number of hydrogen-bond acceptors (Lipinski definition) is 2. The first-order valence-corrected chi connectivity index (χ1v) is 11.3. The van der Waals surface area contributed by atoms with Crippen molar-refractivity contribution in [3.05, 3.63) is 69.0 Å². The molecule has 1 aliphatic rings. The molecule has 162 valence electrons. The van der Waals surface area contributed by atoms with Crippen molar-refractivity contribution in [1.82, 2.24) is 4.57 Å². The highest BCUT2D eigenvalue weighted by molar-refractivity contribution is 5.99. The SMILES string of the molecule is CCCC(C(=O)O)c1c(-c2ccc(C(C)C)cc2)c2cc3c(cc2n(C)c1=O)CCC3. The van der Waals surface area contributed by atoms with Crippen LogP contribution in [0.3, 0.4) is 0 Å². The fourth-order valence-corrected chi connectivity index (χ4v) is 4.98. The zero-order valence-electron chi connectivity index (χ0n) is 18.9. The van der Waals surface area contributed by atoms with Crippen molar-refractivity contribution in [3.8, 4) is 11.1 Å². The van der Waals surface area contributed by atoms with E-state index in [4.69, 9.17) is 0 Å². The number of hydrogen-bond donors (Lipinski definition) is 1. The number of aliphatic carboxylic acids is 1. The number of aromatic nitrogens is 1. The number of carbonyl (C=O) groups is 1. The molecule has 0 fully saturated rings. The minimum atomic E-state index is -0.931. The molecule has 1 N–H and O–H groups in total. The molecule has 1 aromatic heterocycles. The van der Waals surface area contributed by atoms with Crippen LogP contribution in [-0.2, 0) is 24.7 Å². The summed E-state index contributed by atoms with van der Waals surface area (Å²) in [7, 11) is 1.77. The van der Waals surface area contributed by atoms with Crippen molar-refractivity contribution < 1.29 is 9.90 Å². The zero-order valence-corrected chi connectivity index (χ0v) is 18.9. The molecule has 0 radical (unpaired) electrons. The fraction of sp³-hybridized carbons (Fsp3) is 0.407. The number of carboxylic acid groups (broad SMARTS) is 1. The summed E-state index contributed by atoms with van der Waals surface area (Å²) in [5.74, 6) is -1.34. The van der Waals surface area contributed by atoms with Crippen LogP contribution >= 0.6 is 0 Å². The number of rotatable bonds is 6. The molecule has 31 heavy (non-hydrogen) atoms. The molecule has 4 heteroatoms. The van der Waals surface area contributed by atoms with E-state index in [1.807, 2.05) is 19.1 Å². The summed E-state index contributed by atoms with van der Waals surface area (Å²) in [6, 6.07) is 12.6. The summed E-state index contributed by atoms with van der Waals surface area (Å²) in [6.45, 7) is 6.27. The first-order chi connectivity index (χ1) is 14.8. The predicted molar refractivity (Wildman–Crippen MR) is 126 cm³/mol. The molecule has 0 spiro atoms. The molecular formula is C27H31NO3. The Balaban J connectivity index is 2.10. The van der Waals surface area contributed by atoms with E-state index >= 15 is 0 Å². The van der Waals surface area contributed by atoms with Crippen LogP contribution < -0.4 is 5.56 Å². The highest BCUT2D eigenvalue weighted by atomic mass is 16.4. The molecular weight excluding hydrogens is 386 g/mol. The van der Waals surface area contributed by atoms with Crippen molar-refractivity contribution in [1.29, 1.82) is 0 Å². The van der Waals surface area contributed by atoms with Crippen LogP contribution in [-0.4, -0.2) is 15.6 Å². The van der Waals surface area contributed by atoms with Gasteiger partial charge in [-0.25, -0.2) is 0 Å². The van der Waals surface area contributed by atoms with Gasteiger partial charge in [-0.2, -0.15) is 0 Å². The van der Waals surface area contributed by atoms with Crippen LogP contribution in [0.5, 0.6) is 0 Å². The molecule has 1 atom stereocenters. The standard InChI is InChI=1S/C27H31NO3/c1-5-7-21(27(30)31)25-24(18-12-10-17(11-13-18)16(2)3)22-14-19-8-6-9-20(19)15-23(22)28(4)26(25)29/h10-16,21H,5-9H2,1-4H3,(H,30,31). The van der Waals surface area contributed by atoms with Crippen molar-refractivity contribution >= 4 is 16.9 Å². The van der Waals surface area contributed by atoms with E-state index in [9.17, 15) is 14.7 Å². The van der Waals surface area contributed by atoms with Crippen molar-refractivity contribution in [2.75, 3.05) is 0 Å². The van der Waals surface area contributed by atoms with E-state index < -0.39 is 11.9 Å². The van der Waals surface area contributed by atoms with Crippen LogP contribution in [0, 0.1) is 0 Å². The zero-order chi connectivity index (χ0) is 22.3. The quantitative estimate of drug-likeness (QED) is 0.552. The third kappa shape index (κ3) is 3.69. The summed E-state index contributed by atoms with van der Waals surface area (Å²) in [5, 5.41) is 11.0. The molecule has 1 aliphatic carbocycles. The van der Waals surface area contributed by atoms with Crippen LogP contribution in [0.15, 0.2) is 41.2 Å². The molecule has 1 heterocycles. The van der Waals surface area contributed by atoms with Gasteiger partial charge < -0.3 is 9.67 Å². The lowest BCUT2D eigenvalue weighted by atomic mass is 9.85. The van der Waals surface area contributed by atoms with Gasteiger partial charge in [-0.15, -0.1) is 0 Å². The molecule has 4 nitrogen and oxygen atoms in total. The van der Waals surface area contributed by atoms with E-state index in [2.05, 4.69) is 38.1 Å². The summed E-state index contributed by atoms with van der Waals surface area (Å²) < 4.78 is 1.65. The predicted octanol–water partition coefficient (Wildman–Crippen LogP) is 5.79. The number of nitrogens with zero attached hydrogens (tertiary/aromatic N) is 1. The number of pyridine rings is 1. The monoisotopic (exact) mass is 417 g/mol. The largest absolute Gasteiger partial charge is 0.481 e. The van der Waals surface area contributed by atoms with E-state index in [1.165, 1.54) is 16.7 Å². The molecule has 0 saturated heterocycles. The minimum Gasteiger partial charge on any atom is -0.481 e. The average molecular weight is 418 g/mol. The number of fused-ring (bicyclic) bond motifs is 2. The summed E-state index contributed by atoms with van der Waals surface area (Å²) in [4.78, 5) is 25.8. The van der Waals surface area contributed by atoms with Gasteiger partial charge in [0, 0.05) is 23.6 Å². The van der Waals surface area contributed by atoms with Crippen LogP contribution in [0.25, 0.3) is 22.0 Å². The van der Waals surface area contributed by atoms with Gasteiger partial charge in [0.05, 0.1) is 11.4 Å². The van der Waals surface area contributed by atoms with Gasteiger partial charge in [0.25, 0.3) is 5.56 Å². The number of aryl methyl sites for hydroxylation is 3. The van der Waals surface area contributed by atoms with Crippen molar-refractivity contribution in [2.24, 2.45) is 7.05 Å². The number of carboxylic acids is 1. The van der Waals surface area contributed by atoms with Gasteiger partial charge in [0.1, 0.15) is 0 Å². The normalized spacial score (nSPS) is 14.2. The Bertz CT molecular complexity index is 1200. The van der Waals surface area contributed by atoms with Gasteiger partial charge >= 0.3 is 5.97 Å². The second kappa shape index (κ2) is 8.33. The second-order valence-electron chi connectivity index (χ2n) is 9.10. The first kappa shape index (κ1) is 21.4. The summed E-state index contributed by atoms with van der Waals surface area (Å²) in [5.41, 5.74) is 6.67. The molecule has 2 aromatic carbocycles. The maximum atomic E-state index is 13.6. The van der Waals surface area contributed by atoms with Gasteiger partial charge in [-0.3, -0.25) is 9.59 Å².